The summed E-state index contributed by atoms with van der Waals surface area (Å²) < 4.78 is 5.80. The van der Waals surface area contributed by atoms with E-state index in [-0.39, 0.29) is 0 Å². The van der Waals surface area contributed by atoms with Gasteiger partial charge in [-0.3, -0.25) is 4.90 Å². The molecule has 0 aromatic carbocycles. The van der Waals surface area contributed by atoms with E-state index in [0.29, 0.717) is 18.3 Å². The number of pyridine rings is 1. The fraction of sp³-hybridized carbons (Fsp3) is 0.600. The van der Waals surface area contributed by atoms with Gasteiger partial charge in [-0.15, -0.1) is 0 Å². The number of rotatable bonds is 6. The van der Waals surface area contributed by atoms with Gasteiger partial charge in [-0.25, -0.2) is 4.98 Å². The number of ether oxygens (including phenoxy) is 1. The number of aromatic nitrogens is 1. The lowest BCUT2D eigenvalue weighted by Crippen LogP contribution is -2.36. The predicted octanol–water partition coefficient (Wildman–Crippen LogP) is 1.28. The molecule has 5 nitrogen and oxygen atoms in total. The second-order valence-corrected chi connectivity index (χ2v) is 5.15. The lowest BCUT2D eigenvalue weighted by molar-refractivity contribution is 0.00563. The van der Waals surface area contributed by atoms with Crippen LogP contribution in [0.5, 0.6) is 0 Å². The molecule has 2 heterocycles. The summed E-state index contributed by atoms with van der Waals surface area (Å²) in [6.07, 6.45) is 5.16. The number of hydrogen-bond acceptors (Lipinski definition) is 5. The molecule has 0 saturated carbocycles. The highest BCUT2D eigenvalue weighted by Gasteiger charge is 2.19. The van der Waals surface area contributed by atoms with E-state index in [4.69, 9.17) is 15.7 Å². The van der Waals surface area contributed by atoms with Gasteiger partial charge in [0.15, 0.2) is 0 Å². The molecule has 1 aliphatic rings. The Bertz CT molecular complexity index is 449. The lowest BCUT2D eigenvalue weighted by atomic mass is 10.1. The molecule has 0 amide bonds. The summed E-state index contributed by atoms with van der Waals surface area (Å²) in [6, 6.07) is 5.92. The molecule has 0 atom stereocenters. The predicted molar refractivity (Wildman–Crippen MR) is 76.9 cm³/mol. The minimum Gasteiger partial charge on any atom is -0.378 e. The minimum atomic E-state index is 0.380. The number of likely N-dealkylation sites (tertiary alicyclic amines) is 1. The second-order valence-electron chi connectivity index (χ2n) is 5.15. The van der Waals surface area contributed by atoms with Crippen LogP contribution in [0.2, 0.25) is 0 Å². The van der Waals surface area contributed by atoms with Crippen molar-refractivity contribution in [2.45, 2.75) is 31.9 Å². The van der Waals surface area contributed by atoms with Crippen molar-refractivity contribution in [1.82, 2.24) is 9.88 Å². The quantitative estimate of drug-likeness (QED) is 0.791. The van der Waals surface area contributed by atoms with Gasteiger partial charge in [0, 0.05) is 32.4 Å². The van der Waals surface area contributed by atoms with Crippen LogP contribution in [0.1, 0.15) is 30.5 Å². The standard InChI is InChI=1S/C15H22N4O/c16-5-1-9-20-15-3-7-19(8-4-15)12-13-2-6-18-14(10-13)11-17/h2,6,10,15H,1,3-5,7-9,12,16H2. The van der Waals surface area contributed by atoms with Crippen molar-refractivity contribution in [2.24, 2.45) is 5.73 Å². The highest BCUT2D eigenvalue weighted by atomic mass is 16.5. The summed E-state index contributed by atoms with van der Waals surface area (Å²) in [5.41, 5.74) is 7.10. The van der Waals surface area contributed by atoms with E-state index in [1.807, 2.05) is 12.1 Å². The summed E-state index contributed by atoms with van der Waals surface area (Å²) in [4.78, 5) is 6.40. The van der Waals surface area contributed by atoms with Crippen molar-refractivity contribution in [3.63, 3.8) is 0 Å². The molecule has 1 aromatic heterocycles. The lowest BCUT2D eigenvalue weighted by Gasteiger charge is -2.31. The monoisotopic (exact) mass is 274 g/mol. The van der Waals surface area contributed by atoms with E-state index < -0.39 is 0 Å². The molecule has 0 unspecified atom stereocenters. The Balaban J connectivity index is 1.75. The summed E-state index contributed by atoms with van der Waals surface area (Å²) in [7, 11) is 0. The van der Waals surface area contributed by atoms with E-state index >= 15 is 0 Å². The molecular formula is C15H22N4O. The molecule has 0 aliphatic carbocycles. The zero-order valence-corrected chi connectivity index (χ0v) is 11.8. The first-order valence-corrected chi connectivity index (χ1v) is 7.21. The van der Waals surface area contributed by atoms with Gasteiger partial charge in [-0.2, -0.15) is 5.26 Å². The molecular weight excluding hydrogens is 252 g/mol. The summed E-state index contributed by atoms with van der Waals surface area (Å²) in [5, 5.41) is 8.85. The largest absolute Gasteiger partial charge is 0.378 e. The van der Waals surface area contributed by atoms with Gasteiger partial charge in [0.1, 0.15) is 11.8 Å². The fourth-order valence-corrected chi connectivity index (χ4v) is 2.46. The van der Waals surface area contributed by atoms with Crippen LogP contribution in [0.25, 0.3) is 0 Å². The molecule has 5 heteroatoms. The van der Waals surface area contributed by atoms with Crippen LogP contribution in [-0.4, -0.2) is 42.2 Å². The first kappa shape index (κ1) is 14.9. The van der Waals surface area contributed by atoms with Crippen LogP contribution in [0.3, 0.4) is 0 Å². The van der Waals surface area contributed by atoms with Crippen LogP contribution < -0.4 is 5.73 Å². The topological polar surface area (TPSA) is 75.2 Å². The number of piperidine rings is 1. The van der Waals surface area contributed by atoms with Gasteiger partial charge in [-0.1, -0.05) is 0 Å². The van der Waals surface area contributed by atoms with Crippen molar-refractivity contribution in [2.75, 3.05) is 26.2 Å². The van der Waals surface area contributed by atoms with Gasteiger partial charge in [0.25, 0.3) is 0 Å². The number of nitriles is 1. The Kier molecular flexibility index (Phi) is 5.93. The smallest absolute Gasteiger partial charge is 0.140 e. The van der Waals surface area contributed by atoms with Crippen LogP contribution in [-0.2, 0) is 11.3 Å². The highest BCUT2D eigenvalue weighted by molar-refractivity contribution is 5.25. The average Bonchev–Trinajstić information content (AvgIpc) is 2.49. The average molecular weight is 274 g/mol. The molecule has 1 aliphatic heterocycles. The van der Waals surface area contributed by atoms with Crippen molar-refractivity contribution in [3.8, 4) is 6.07 Å². The summed E-state index contributed by atoms with van der Waals surface area (Å²) in [6.45, 7) is 4.43. The molecule has 1 fully saturated rings. The number of hydrogen-bond donors (Lipinski definition) is 1. The molecule has 1 aromatic rings. The van der Waals surface area contributed by atoms with Crippen LogP contribution in [0, 0.1) is 11.3 Å². The fourth-order valence-electron chi connectivity index (χ4n) is 2.46. The van der Waals surface area contributed by atoms with E-state index in [1.54, 1.807) is 6.20 Å². The van der Waals surface area contributed by atoms with Crippen molar-refractivity contribution >= 4 is 0 Å². The maximum absolute atomic E-state index is 8.85. The molecule has 20 heavy (non-hydrogen) atoms. The summed E-state index contributed by atoms with van der Waals surface area (Å²) >= 11 is 0. The van der Waals surface area contributed by atoms with E-state index in [9.17, 15) is 0 Å². The van der Waals surface area contributed by atoms with Crippen LogP contribution >= 0.6 is 0 Å². The van der Waals surface area contributed by atoms with Crippen LogP contribution in [0.15, 0.2) is 18.3 Å². The normalized spacial score (nSPS) is 17.0. The molecule has 0 bridgehead atoms. The first-order valence-electron chi connectivity index (χ1n) is 7.21. The van der Waals surface area contributed by atoms with Gasteiger partial charge in [-0.05, 0) is 43.5 Å². The first-order chi connectivity index (χ1) is 9.81. The van der Waals surface area contributed by atoms with Gasteiger partial charge < -0.3 is 10.5 Å². The summed E-state index contributed by atoms with van der Waals surface area (Å²) in [5.74, 6) is 0. The van der Waals surface area contributed by atoms with E-state index in [1.165, 1.54) is 0 Å². The van der Waals surface area contributed by atoms with Crippen molar-refractivity contribution in [1.29, 1.82) is 5.26 Å². The Morgan fingerprint density at radius 3 is 2.95 bits per heavy atom. The third-order valence-electron chi connectivity index (χ3n) is 3.58. The van der Waals surface area contributed by atoms with Crippen molar-refractivity contribution < 1.29 is 4.74 Å². The van der Waals surface area contributed by atoms with Gasteiger partial charge in [0.05, 0.1) is 6.10 Å². The van der Waals surface area contributed by atoms with Crippen molar-refractivity contribution in [3.05, 3.63) is 29.6 Å². The highest BCUT2D eigenvalue weighted by Crippen LogP contribution is 2.16. The Morgan fingerprint density at radius 1 is 1.45 bits per heavy atom. The molecule has 0 spiro atoms. The molecule has 108 valence electrons. The SMILES string of the molecule is N#Cc1cc(CN2CCC(OCCCN)CC2)ccn1. The zero-order chi connectivity index (χ0) is 14.2. The second kappa shape index (κ2) is 7.95. The maximum Gasteiger partial charge on any atom is 0.140 e. The van der Waals surface area contributed by atoms with E-state index in [0.717, 1.165) is 51.1 Å². The number of nitrogens with two attached hydrogens (primary N) is 1. The molecule has 2 rings (SSSR count). The van der Waals surface area contributed by atoms with E-state index in [2.05, 4.69) is 16.0 Å². The molecule has 2 N–H and O–H groups in total. The minimum absolute atomic E-state index is 0.380. The Hall–Kier alpha value is -1.48. The Labute approximate surface area is 120 Å². The number of nitrogens with zero attached hydrogens (tertiary/aromatic N) is 3. The van der Waals surface area contributed by atoms with Crippen LogP contribution in [0.4, 0.5) is 0 Å². The molecule has 1 saturated heterocycles. The van der Waals surface area contributed by atoms with Gasteiger partial charge >= 0.3 is 0 Å². The third kappa shape index (κ3) is 4.57. The zero-order valence-electron chi connectivity index (χ0n) is 11.8. The maximum atomic E-state index is 8.85. The van der Waals surface area contributed by atoms with Gasteiger partial charge in [0.2, 0.25) is 0 Å². The Morgan fingerprint density at radius 2 is 2.25 bits per heavy atom. The third-order valence-corrected chi connectivity index (χ3v) is 3.58. The molecule has 0 radical (unpaired) electrons.